The summed E-state index contributed by atoms with van der Waals surface area (Å²) in [4.78, 5) is 17.1. The topological polar surface area (TPSA) is 23.6 Å². The van der Waals surface area contributed by atoms with Crippen LogP contribution in [0.15, 0.2) is 42.5 Å². The molecule has 3 rings (SSSR count). The van der Waals surface area contributed by atoms with Gasteiger partial charge in [0.25, 0.3) is 5.91 Å². The lowest BCUT2D eigenvalue weighted by Gasteiger charge is -2.42. The molecule has 0 bridgehead atoms. The molecule has 0 aromatic heterocycles. The zero-order valence-corrected chi connectivity index (χ0v) is 14.6. The van der Waals surface area contributed by atoms with Crippen LogP contribution in [0.2, 0.25) is 10.0 Å². The number of nitrogens with zero attached hydrogens (tertiary/aromatic N) is 2. The average Bonchev–Trinajstić information content (AvgIpc) is 2.56. The third-order valence-electron chi connectivity index (χ3n) is 4.21. The lowest BCUT2D eigenvalue weighted by Crippen LogP contribution is -2.49. The molecule has 0 fully saturated rings. The highest BCUT2D eigenvalue weighted by Crippen LogP contribution is 2.36. The average molecular weight is 349 g/mol. The molecule has 0 saturated heterocycles. The van der Waals surface area contributed by atoms with Gasteiger partial charge in [0.1, 0.15) is 0 Å². The van der Waals surface area contributed by atoms with Crippen LogP contribution in [-0.2, 0) is 0 Å². The Morgan fingerprint density at radius 2 is 1.83 bits per heavy atom. The minimum Gasteiger partial charge on any atom is -0.366 e. The number of hydrogen-bond donors (Lipinski definition) is 0. The van der Waals surface area contributed by atoms with E-state index in [1.165, 1.54) is 0 Å². The first-order valence-corrected chi connectivity index (χ1v) is 8.41. The fourth-order valence-electron chi connectivity index (χ4n) is 3.09. The summed E-state index contributed by atoms with van der Waals surface area (Å²) in [7, 11) is 0. The highest BCUT2D eigenvalue weighted by Gasteiger charge is 2.31. The molecule has 23 heavy (non-hydrogen) atoms. The van der Waals surface area contributed by atoms with E-state index in [0.29, 0.717) is 22.2 Å². The molecule has 2 aromatic rings. The highest BCUT2D eigenvalue weighted by molar-refractivity contribution is 6.42. The van der Waals surface area contributed by atoms with Crippen LogP contribution in [0.5, 0.6) is 0 Å². The predicted octanol–water partition coefficient (Wildman–Crippen LogP) is 4.87. The number of benzene rings is 2. The molecule has 0 aliphatic carbocycles. The molecule has 0 spiro atoms. The van der Waals surface area contributed by atoms with Gasteiger partial charge in [0, 0.05) is 24.7 Å². The van der Waals surface area contributed by atoms with Gasteiger partial charge in [-0.25, -0.2) is 0 Å². The summed E-state index contributed by atoms with van der Waals surface area (Å²) >= 11 is 12.0. The van der Waals surface area contributed by atoms with Crippen LogP contribution in [0.25, 0.3) is 0 Å². The fraction of sp³-hybridized carbons (Fsp3) is 0.278. The van der Waals surface area contributed by atoms with Crippen LogP contribution >= 0.6 is 23.2 Å². The van der Waals surface area contributed by atoms with Crippen molar-refractivity contribution in [1.29, 1.82) is 0 Å². The van der Waals surface area contributed by atoms with Gasteiger partial charge in [-0.05, 0) is 44.2 Å². The molecule has 3 nitrogen and oxygen atoms in total. The van der Waals surface area contributed by atoms with E-state index in [9.17, 15) is 4.79 Å². The van der Waals surface area contributed by atoms with E-state index in [0.717, 1.165) is 17.9 Å². The second-order valence-electron chi connectivity index (χ2n) is 5.67. The quantitative estimate of drug-likeness (QED) is 0.772. The Morgan fingerprint density at radius 1 is 1.13 bits per heavy atom. The molecule has 0 radical (unpaired) electrons. The molecule has 2 aromatic carbocycles. The number of likely N-dealkylation sites (N-methyl/N-ethyl adjacent to an activating group) is 1. The Hall–Kier alpha value is -1.71. The van der Waals surface area contributed by atoms with Crippen molar-refractivity contribution in [3.8, 4) is 0 Å². The number of hydrogen-bond acceptors (Lipinski definition) is 2. The van der Waals surface area contributed by atoms with Gasteiger partial charge in [0.15, 0.2) is 0 Å². The summed E-state index contributed by atoms with van der Waals surface area (Å²) in [6.07, 6.45) is 0. The maximum atomic E-state index is 13.0. The lowest BCUT2D eigenvalue weighted by molar-refractivity contribution is 0.0984. The molecule has 1 heterocycles. The van der Waals surface area contributed by atoms with Gasteiger partial charge in [-0.1, -0.05) is 35.3 Å². The monoisotopic (exact) mass is 348 g/mol. The van der Waals surface area contributed by atoms with E-state index in [1.54, 1.807) is 18.2 Å². The highest BCUT2D eigenvalue weighted by atomic mass is 35.5. The number of para-hydroxylation sites is 2. The van der Waals surface area contributed by atoms with Gasteiger partial charge in [-0.15, -0.1) is 0 Å². The normalized spacial score (nSPS) is 17.1. The molecule has 120 valence electrons. The van der Waals surface area contributed by atoms with Crippen molar-refractivity contribution in [3.05, 3.63) is 58.1 Å². The van der Waals surface area contributed by atoms with E-state index < -0.39 is 0 Å². The molecular formula is C18H18Cl2N2O. The number of halogens is 2. The summed E-state index contributed by atoms with van der Waals surface area (Å²) in [5.41, 5.74) is 2.57. The van der Waals surface area contributed by atoms with Crippen LogP contribution < -0.4 is 9.80 Å². The number of carbonyl (C=O) groups is 1. The zero-order chi connectivity index (χ0) is 16.6. The van der Waals surface area contributed by atoms with Crippen molar-refractivity contribution in [2.24, 2.45) is 0 Å². The molecule has 1 aliphatic heterocycles. The van der Waals surface area contributed by atoms with Gasteiger partial charge in [-0.2, -0.15) is 0 Å². The first kappa shape index (κ1) is 16.2. The Kier molecular flexibility index (Phi) is 4.51. The molecule has 1 unspecified atom stereocenters. The minimum absolute atomic E-state index is 0.0568. The standard InChI is InChI=1S/C18H18Cl2N2O/c1-3-21-12(2)11-22(17-7-5-4-6-16(17)21)18(23)13-8-9-14(19)15(20)10-13/h4-10,12H,3,11H2,1-2H3. The summed E-state index contributed by atoms with van der Waals surface area (Å²) < 4.78 is 0. The maximum Gasteiger partial charge on any atom is 0.258 e. The second kappa shape index (κ2) is 6.42. The molecule has 1 amide bonds. The molecular weight excluding hydrogens is 331 g/mol. The van der Waals surface area contributed by atoms with E-state index in [1.807, 2.05) is 23.1 Å². The Bertz CT molecular complexity index is 748. The predicted molar refractivity (Wildman–Crippen MR) is 97.1 cm³/mol. The molecule has 0 saturated carbocycles. The smallest absolute Gasteiger partial charge is 0.258 e. The summed E-state index contributed by atoms with van der Waals surface area (Å²) in [5.74, 6) is -0.0568. The van der Waals surface area contributed by atoms with Crippen LogP contribution in [0.1, 0.15) is 24.2 Å². The third-order valence-corrected chi connectivity index (χ3v) is 4.95. The fourth-order valence-corrected chi connectivity index (χ4v) is 3.39. The van der Waals surface area contributed by atoms with E-state index in [2.05, 4.69) is 24.8 Å². The first-order chi connectivity index (χ1) is 11.0. The van der Waals surface area contributed by atoms with Crippen LogP contribution in [0, 0.1) is 0 Å². The molecule has 5 heteroatoms. The van der Waals surface area contributed by atoms with Gasteiger partial charge in [0.2, 0.25) is 0 Å². The largest absolute Gasteiger partial charge is 0.366 e. The Balaban J connectivity index is 2.02. The van der Waals surface area contributed by atoms with Gasteiger partial charge < -0.3 is 9.80 Å². The van der Waals surface area contributed by atoms with Crippen LogP contribution in [0.3, 0.4) is 0 Å². The second-order valence-corrected chi connectivity index (χ2v) is 6.48. The summed E-state index contributed by atoms with van der Waals surface area (Å²) in [5, 5.41) is 0.846. The van der Waals surface area contributed by atoms with Crippen molar-refractivity contribution in [2.45, 2.75) is 19.9 Å². The maximum absolute atomic E-state index is 13.0. The van der Waals surface area contributed by atoms with Crippen LogP contribution in [0.4, 0.5) is 11.4 Å². The van der Waals surface area contributed by atoms with Gasteiger partial charge in [-0.3, -0.25) is 4.79 Å². The summed E-state index contributed by atoms with van der Waals surface area (Å²) in [6, 6.07) is 13.3. The Labute approximate surface area is 146 Å². The summed E-state index contributed by atoms with van der Waals surface area (Å²) in [6.45, 7) is 5.81. The number of amides is 1. The number of rotatable bonds is 2. The SMILES string of the molecule is CCN1c2ccccc2N(C(=O)c2ccc(Cl)c(Cl)c2)CC1C. The van der Waals surface area contributed by atoms with Crippen molar-refractivity contribution >= 4 is 40.5 Å². The van der Waals surface area contributed by atoms with E-state index in [4.69, 9.17) is 23.2 Å². The third kappa shape index (κ3) is 2.91. The van der Waals surface area contributed by atoms with E-state index >= 15 is 0 Å². The van der Waals surface area contributed by atoms with Gasteiger partial charge >= 0.3 is 0 Å². The van der Waals surface area contributed by atoms with Crippen LogP contribution in [-0.4, -0.2) is 25.0 Å². The Morgan fingerprint density at radius 3 is 2.48 bits per heavy atom. The molecule has 1 aliphatic rings. The minimum atomic E-state index is -0.0568. The number of carbonyl (C=O) groups excluding carboxylic acids is 1. The first-order valence-electron chi connectivity index (χ1n) is 7.65. The van der Waals surface area contributed by atoms with Crippen molar-refractivity contribution in [1.82, 2.24) is 0 Å². The lowest BCUT2D eigenvalue weighted by atomic mass is 10.1. The van der Waals surface area contributed by atoms with Gasteiger partial charge in [0.05, 0.1) is 21.4 Å². The molecule has 0 N–H and O–H groups in total. The van der Waals surface area contributed by atoms with Crippen molar-refractivity contribution in [2.75, 3.05) is 22.9 Å². The number of fused-ring (bicyclic) bond motifs is 1. The van der Waals surface area contributed by atoms with Crippen molar-refractivity contribution in [3.63, 3.8) is 0 Å². The zero-order valence-electron chi connectivity index (χ0n) is 13.1. The van der Waals surface area contributed by atoms with E-state index in [-0.39, 0.29) is 11.9 Å². The number of anilines is 2. The van der Waals surface area contributed by atoms with Crippen molar-refractivity contribution < 1.29 is 4.79 Å². The molecule has 1 atom stereocenters.